The van der Waals surface area contributed by atoms with Gasteiger partial charge in [0.15, 0.2) is 0 Å². The molecule has 0 radical (unpaired) electrons. The highest BCUT2D eigenvalue weighted by Gasteiger charge is 2.18. The molecule has 0 amide bonds. The molecular formula is C13H25N3O. The summed E-state index contributed by atoms with van der Waals surface area (Å²) in [5, 5.41) is 7.92. The molecule has 17 heavy (non-hydrogen) atoms. The van der Waals surface area contributed by atoms with E-state index in [0.717, 1.165) is 25.1 Å². The fourth-order valence-electron chi connectivity index (χ4n) is 1.98. The number of ether oxygens (including phenoxy) is 1. The van der Waals surface area contributed by atoms with Gasteiger partial charge in [-0.3, -0.25) is 4.68 Å². The maximum absolute atomic E-state index is 5.44. The Balaban J connectivity index is 2.67. The van der Waals surface area contributed by atoms with Gasteiger partial charge in [0.25, 0.3) is 0 Å². The SMILES string of the molecule is CCCNC(Cc1cc(C)nn1C)C(C)OC. The summed E-state index contributed by atoms with van der Waals surface area (Å²) in [5.74, 6) is 0. The number of hydrogen-bond donors (Lipinski definition) is 1. The standard InChI is InChI=1S/C13H25N3O/c1-6-7-14-13(11(3)17-5)9-12-8-10(2)15-16(12)4/h8,11,13-14H,6-7,9H2,1-5H3. The Hall–Kier alpha value is -0.870. The van der Waals surface area contributed by atoms with E-state index in [-0.39, 0.29) is 6.10 Å². The Morgan fingerprint density at radius 2 is 2.24 bits per heavy atom. The summed E-state index contributed by atoms with van der Waals surface area (Å²) in [6.07, 6.45) is 2.29. The minimum atomic E-state index is 0.205. The van der Waals surface area contributed by atoms with E-state index in [0.29, 0.717) is 6.04 Å². The van der Waals surface area contributed by atoms with Gasteiger partial charge in [0, 0.05) is 32.3 Å². The van der Waals surface area contributed by atoms with Gasteiger partial charge in [-0.1, -0.05) is 6.92 Å². The summed E-state index contributed by atoms with van der Waals surface area (Å²) in [6, 6.07) is 2.48. The molecule has 2 unspecified atom stereocenters. The zero-order chi connectivity index (χ0) is 12.8. The van der Waals surface area contributed by atoms with Gasteiger partial charge < -0.3 is 10.1 Å². The predicted octanol–water partition coefficient (Wildman–Crippen LogP) is 1.67. The van der Waals surface area contributed by atoms with E-state index < -0.39 is 0 Å². The first kappa shape index (κ1) is 14.2. The first-order valence-corrected chi connectivity index (χ1v) is 6.34. The van der Waals surface area contributed by atoms with Crippen molar-refractivity contribution < 1.29 is 4.74 Å². The lowest BCUT2D eigenvalue weighted by atomic mass is 10.1. The number of rotatable bonds is 7. The number of nitrogens with one attached hydrogen (secondary N) is 1. The van der Waals surface area contributed by atoms with Gasteiger partial charge in [0.05, 0.1) is 11.8 Å². The second-order valence-corrected chi connectivity index (χ2v) is 4.61. The van der Waals surface area contributed by atoms with Crippen LogP contribution in [0.5, 0.6) is 0 Å². The summed E-state index contributed by atoms with van der Waals surface area (Å²) in [7, 11) is 3.76. The molecule has 1 heterocycles. The van der Waals surface area contributed by atoms with Gasteiger partial charge >= 0.3 is 0 Å². The highest BCUT2D eigenvalue weighted by molar-refractivity contribution is 5.10. The fourth-order valence-corrected chi connectivity index (χ4v) is 1.98. The lowest BCUT2D eigenvalue weighted by molar-refractivity contribution is 0.0824. The van der Waals surface area contributed by atoms with Gasteiger partial charge in [-0.05, 0) is 32.9 Å². The Kier molecular flexibility index (Phi) is 5.65. The van der Waals surface area contributed by atoms with Crippen LogP contribution in [0.25, 0.3) is 0 Å². The Morgan fingerprint density at radius 1 is 1.53 bits per heavy atom. The van der Waals surface area contributed by atoms with Crippen LogP contribution in [-0.4, -0.2) is 35.6 Å². The molecule has 1 aromatic rings. The second-order valence-electron chi connectivity index (χ2n) is 4.61. The zero-order valence-corrected chi connectivity index (χ0v) is 11.7. The molecule has 0 bridgehead atoms. The molecule has 0 aliphatic heterocycles. The molecule has 4 heteroatoms. The van der Waals surface area contributed by atoms with Crippen LogP contribution in [0.1, 0.15) is 31.7 Å². The Morgan fingerprint density at radius 3 is 2.71 bits per heavy atom. The molecule has 0 spiro atoms. The van der Waals surface area contributed by atoms with E-state index >= 15 is 0 Å². The van der Waals surface area contributed by atoms with Crippen LogP contribution in [-0.2, 0) is 18.2 Å². The van der Waals surface area contributed by atoms with Crippen molar-refractivity contribution in [3.05, 3.63) is 17.5 Å². The first-order chi connectivity index (χ1) is 8.08. The lowest BCUT2D eigenvalue weighted by Crippen LogP contribution is -2.41. The highest BCUT2D eigenvalue weighted by Crippen LogP contribution is 2.09. The smallest absolute Gasteiger partial charge is 0.0699 e. The highest BCUT2D eigenvalue weighted by atomic mass is 16.5. The van der Waals surface area contributed by atoms with Crippen molar-refractivity contribution in [2.24, 2.45) is 7.05 Å². The van der Waals surface area contributed by atoms with Crippen molar-refractivity contribution >= 4 is 0 Å². The maximum Gasteiger partial charge on any atom is 0.0699 e. The first-order valence-electron chi connectivity index (χ1n) is 6.34. The van der Waals surface area contributed by atoms with Crippen LogP contribution >= 0.6 is 0 Å². The van der Waals surface area contributed by atoms with E-state index in [4.69, 9.17) is 4.74 Å². The Bertz CT molecular complexity index is 335. The minimum Gasteiger partial charge on any atom is -0.380 e. The van der Waals surface area contributed by atoms with Crippen LogP contribution in [0.15, 0.2) is 6.07 Å². The average Bonchev–Trinajstić information content (AvgIpc) is 2.62. The van der Waals surface area contributed by atoms with Crippen LogP contribution in [0.4, 0.5) is 0 Å². The number of nitrogens with zero attached hydrogens (tertiary/aromatic N) is 2. The molecule has 0 fully saturated rings. The summed E-state index contributed by atoms with van der Waals surface area (Å²) >= 11 is 0. The predicted molar refractivity (Wildman–Crippen MR) is 70.2 cm³/mol. The van der Waals surface area contributed by atoms with E-state index in [1.807, 2.05) is 18.7 Å². The number of aromatic nitrogens is 2. The van der Waals surface area contributed by atoms with Crippen molar-refractivity contribution in [1.82, 2.24) is 15.1 Å². The van der Waals surface area contributed by atoms with Gasteiger partial charge in [0.1, 0.15) is 0 Å². The van der Waals surface area contributed by atoms with E-state index in [2.05, 4.69) is 30.3 Å². The molecule has 0 saturated heterocycles. The monoisotopic (exact) mass is 239 g/mol. The zero-order valence-electron chi connectivity index (χ0n) is 11.7. The molecule has 0 aliphatic rings. The summed E-state index contributed by atoms with van der Waals surface area (Å²) < 4.78 is 7.39. The van der Waals surface area contributed by atoms with Crippen LogP contribution in [0.3, 0.4) is 0 Å². The third-order valence-electron chi connectivity index (χ3n) is 3.12. The topological polar surface area (TPSA) is 39.1 Å². The van der Waals surface area contributed by atoms with E-state index in [1.165, 1.54) is 5.69 Å². The number of hydrogen-bond acceptors (Lipinski definition) is 3. The van der Waals surface area contributed by atoms with Crippen LogP contribution in [0.2, 0.25) is 0 Å². The summed E-state index contributed by atoms with van der Waals surface area (Å²) in [5.41, 5.74) is 2.32. The van der Waals surface area contributed by atoms with Crippen molar-refractivity contribution in [3.63, 3.8) is 0 Å². The number of methoxy groups -OCH3 is 1. The van der Waals surface area contributed by atoms with E-state index in [1.54, 1.807) is 7.11 Å². The summed E-state index contributed by atoms with van der Waals surface area (Å²) in [4.78, 5) is 0. The van der Waals surface area contributed by atoms with Gasteiger partial charge in [0.2, 0.25) is 0 Å². The molecule has 0 saturated carbocycles. The maximum atomic E-state index is 5.44. The van der Waals surface area contributed by atoms with E-state index in [9.17, 15) is 0 Å². The fraction of sp³-hybridized carbons (Fsp3) is 0.769. The molecule has 1 aromatic heterocycles. The third kappa shape index (κ3) is 4.13. The average molecular weight is 239 g/mol. The molecule has 2 atom stereocenters. The molecule has 0 aromatic carbocycles. The molecule has 98 valence electrons. The lowest BCUT2D eigenvalue weighted by Gasteiger charge is -2.24. The quantitative estimate of drug-likeness (QED) is 0.787. The molecular weight excluding hydrogens is 214 g/mol. The largest absolute Gasteiger partial charge is 0.380 e. The molecule has 1 N–H and O–H groups in total. The number of aryl methyl sites for hydroxylation is 2. The Labute approximate surface area is 104 Å². The van der Waals surface area contributed by atoms with Crippen molar-refractivity contribution in [1.29, 1.82) is 0 Å². The minimum absolute atomic E-state index is 0.205. The molecule has 1 rings (SSSR count). The van der Waals surface area contributed by atoms with Gasteiger partial charge in [-0.2, -0.15) is 5.10 Å². The van der Waals surface area contributed by atoms with Crippen LogP contribution in [0, 0.1) is 6.92 Å². The molecule has 4 nitrogen and oxygen atoms in total. The van der Waals surface area contributed by atoms with Gasteiger partial charge in [-0.25, -0.2) is 0 Å². The van der Waals surface area contributed by atoms with Crippen molar-refractivity contribution in [2.75, 3.05) is 13.7 Å². The summed E-state index contributed by atoms with van der Waals surface area (Å²) in [6.45, 7) is 7.33. The van der Waals surface area contributed by atoms with Crippen LogP contribution < -0.4 is 5.32 Å². The third-order valence-corrected chi connectivity index (χ3v) is 3.12. The van der Waals surface area contributed by atoms with Crippen molar-refractivity contribution in [3.8, 4) is 0 Å². The molecule has 0 aliphatic carbocycles. The van der Waals surface area contributed by atoms with Crippen molar-refractivity contribution in [2.45, 2.75) is 45.8 Å². The second kappa shape index (κ2) is 6.77. The van der Waals surface area contributed by atoms with Gasteiger partial charge in [-0.15, -0.1) is 0 Å². The normalized spacial score (nSPS) is 14.9.